The molecule has 13 heteroatoms. The quantitative estimate of drug-likeness (QED) is 0.470. The molecule has 0 radical (unpaired) electrons. The summed E-state index contributed by atoms with van der Waals surface area (Å²) in [6.07, 6.45) is -5.17. The van der Waals surface area contributed by atoms with Crippen molar-refractivity contribution in [1.82, 2.24) is 10.6 Å². The van der Waals surface area contributed by atoms with Crippen LogP contribution in [0.25, 0.3) is 0 Å². The summed E-state index contributed by atoms with van der Waals surface area (Å²) in [6.45, 7) is 0.0533. The Morgan fingerprint density at radius 1 is 1.18 bits per heavy atom. The Kier molecular flexibility index (Phi) is 7.21. The van der Waals surface area contributed by atoms with Crippen molar-refractivity contribution in [2.45, 2.75) is 86.8 Å². The molecule has 1 unspecified atom stereocenters. The minimum absolute atomic E-state index is 0.0820. The van der Waals surface area contributed by atoms with Crippen LogP contribution in [0.2, 0.25) is 5.02 Å². The van der Waals surface area contributed by atoms with Gasteiger partial charge in [0, 0.05) is 30.5 Å². The lowest BCUT2D eigenvalue weighted by Crippen LogP contribution is -2.71. The van der Waals surface area contributed by atoms with Gasteiger partial charge in [0.2, 0.25) is 5.91 Å². The smallest absolute Gasteiger partial charge is 0.477 e. The number of amides is 2. The second-order valence-corrected chi connectivity index (χ2v) is 11.3. The minimum Gasteiger partial charge on any atom is -0.477 e. The molecule has 3 N–H and O–H groups in total. The Morgan fingerprint density at radius 2 is 1.89 bits per heavy atom. The van der Waals surface area contributed by atoms with Crippen LogP contribution in [-0.4, -0.2) is 79.0 Å². The summed E-state index contributed by atoms with van der Waals surface area (Å²) < 4.78 is 52.0. The van der Waals surface area contributed by atoms with Crippen molar-refractivity contribution >= 4 is 29.1 Å². The van der Waals surface area contributed by atoms with E-state index in [-0.39, 0.29) is 37.7 Å². The molecule has 0 spiro atoms. The number of benzene rings is 1. The normalized spacial score (nSPS) is 34.1. The summed E-state index contributed by atoms with van der Waals surface area (Å²) in [6, 6.07) is 5.20. The molecule has 4 aliphatic carbocycles. The fraction of sp³-hybridized carbons (Fsp3) is 0.680. The SMILES string of the molecule is CN1CC(C(=O)NC23CCC(NC(=O)COC4CC(OC(F)(F)F)C4)(CC2)C[C@@H]3O)Oc2ccc(Cl)cc21. The standard InChI is InChI=1S/C25H31ClF3N3O6/c1-32-12-19(37-18-3-2-14(26)8-17(18)32)22(35)31-24-6-4-23(5-7-24,11-20(24)33)30-21(34)13-36-15-9-16(10-15)38-25(27,28)29/h2-3,8,15-16,19-20,33H,4-7,9-13H2,1H3,(H,30,34)(H,31,35)/t15?,16?,19?,20-,23?,24?/m0/s1. The maximum atomic E-state index is 13.2. The molecule has 2 atom stereocenters. The van der Waals surface area contributed by atoms with Crippen LogP contribution in [0.15, 0.2) is 18.2 Å². The molecule has 2 amide bonds. The molecule has 210 valence electrons. The first-order chi connectivity index (χ1) is 17.9. The van der Waals surface area contributed by atoms with E-state index >= 15 is 0 Å². The van der Waals surface area contributed by atoms with Crippen LogP contribution in [-0.2, 0) is 19.1 Å². The van der Waals surface area contributed by atoms with Crippen molar-refractivity contribution in [1.29, 1.82) is 0 Å². The van der Waals surface area contributed by atoms with Gasteiger partial charge in [-0.3, -0.25) is 14.3 Å². The van der Waals surface area contributed by atoms with E-state index in [9.17, 15) is 27.9 Å². The third kappa shape index (κ3) is 5.68. The Hall–Kier alpha value is -2.28. The monoisotopic (exact) mass is 561 g/mol. The van der Waals surface area contributed by atoms with Crippen molar-refractivity contribution in [2.75, 3.05) is 25.1 Å². The zero-order chi connectivity index (χ0) is 27.3. The van der Waals surface area contributed by atoms with E-state index in [2.05, 4.69) is 15.4 Å². The molecular formula is C25H31ClF3N3O6. The van der Waals surface area contributed by atoms with Gasteiger partial charge in [-0.05, 0) is 50.3 Å². The average molecular weight is 562 g/mol. The van der Waals surface area contributed by atoms with Gasteiger partial charge in [-0.2, -0.15) is 0 Å². The molecule has 1 aliphatic heterocycles. The number of ether oxygens (including phenoxy) is 3. The number of carbonyl (C=O) groups excluding carboxylic acids is 2. The maximum Gasteiger partial charge on any atom is 0.522 e. The largest absolute Gasteiger partial charge is 0.522 e. The number of fused-ring (bicyclic) bond motifs is 4. The van der Waals surface area contributed by atoms with E-state index in [1.807, 2.05) is 11.9 Å². The zero-order valence-corrected chi connectivity index (χ0v) is 21.6. The van der Waals surface area contributed by atoms with E-state index in [4.69, 9.17) is 21.1 Å². The van der Waals surface area contributed by atoms with E-state index in [0.717, 1.165) is 5.69 Å². The number of aliphatic hydroxyl groups is 1. The number of nitrogens with zero attached hydrogens (tertiary/aromatic N) is 1. The van der Waals surface area contributed by atoms with Gasteiger partial charge in [0.15, 0.2) is 6.10 Å². The van der Waals surface area contributed by atoms with Crippen LogP contribution < -0.4 is 20.3 Å². The molecule has 1 aromatic rings. The summed E-state index contributed by atoms with van der Waals surface area (Å²) in [4.78, 5) is 27.6. The fourth-order valence-corrected chi connectivity index (χ4v) is 6.18. The van der Waals surface area contributed by atoms with Crippen molar-refractivity contribution < 1.29 is 42.1 Å². The van der Waals surface area contributed by atoms with Gasteiger partial charge < -0.3 is 30.1 Å². The van der Waals surface area contributed by atoms with Gasteiger partial charge in [0.05, 0.1) is 36.1 Å². The molecule has 0 saturated heterocycles. The molecule has 1 heterocycles. The number of anilines is 1. The number of nitrogens with one attached hydrogen (secondary N) is 2. The van der Waals surface area contributed by atoms with Gasteiger partial charge in [0.1, 0.15) is 12.4 Å². The van der Waals surface area contributed by atoms with Crippen LogP contribution >= 0.6 is 11.6 Å². The van der Waals surface area contributed by atoms with Crippen LogP contribution in [0.1, 0.15) is 44.9 Å². The first kappa shape index (κ1) is 27.3. The lowest BCUT2D eigenvalue weighted by atomic mass is 9.60. The van der Waals surface area contributed by atoms with E-state index in [0.29, 0.717) is 43.0 Å². The molecule has 1 aromatic carbocycles. The average Bonchev–Trinajstić information content (AvgIpc) is 2.81. The van der Waals surface area contributed by atoms with Crippen LogP contribution in [0.5, 0.6) is 5.75 Å². The van der Waals surface area contributed by atoms with Crippen molar-refractivity contribution in [3.8, 4) is 5.75 Å². The van der Waals surface area contributed by atoms with Gasteiger partial charge in [0.25, 0.3) is 5.91 Å². The first-order valence-electron chi connectivity index (χ1n) is 12.7. The number of aliphatic hydroxyl groups excluding tert-OH is 1. The van der Waals surface area contributed by atoms with Crippen molar-refractivity contribution in [3.05, 3.63) is 23.2 Å². The molecule has 6 rings (SSSR count). The van der Waals surface area contributed by atoms with Crippen molar-refractivity contribution in [2.24, 2.45) is 0 Å². The highest BCUT2D eigenvalue weighted by Gasteiger charge is 2.56. The summed E-state index contributed by atoms with van der Waals surface area (Å²) in [5, 5.41) is 17.6. The second-order valence-electron chi connectivity index (χ2n) is 10.9. The number of hydrogen-bond donors (Lipinski definition) is 3. The third-order valence-corrected chi connectivity index (χ3v) is 8.47. The number of carbonyl (C=O) groups is 2. The van der Waals surface area contributed by atoms with Crippen LogP contribution in [0, 0.1) is 0 Å². The maximum absolute atomic E-state index is 13.2. The Bertz CT molecular complexity index is 1070. The number of hydrogen-bond acceptors (Lipinski definition) is 7. The number of halogens is 4. The highest BCUT2D eigenvalue weighted by atomic mass is 35.5. The van der Waals surface area contributed by atoms with Gasteiger partial charge in [-0.25, -0.2) is 0 Å². The number of rotatable bonds is 7. The number of likely N-dealkylation sites (N-methyl/N-ethyl adjacent to an activating group) is 1. The molecule has 4 saturated carbocycles. The molecule has 9 nitrogen and oxygen atoms in total. The number of alkyl halides is 3. The highest BCUT2D eigenvalue weighted by molar-refractivity contribution is 6.31. The van der Waals surface area contributed by atoms with Gasteiger partial charge in [-0.15, -0.1) is 13.2 Å². The van der Waals surface area contributed by atoms with E-state index in [1.165, 1.54) is 0 Å². The topological polar surface area (TPSA) is 109 Å². The Labute approximate surface area is 222 Å². The summed E-state index contributed by atoms with van der Waals surface area (Å²) in [5.41, 5.74) is -0.624. The predicted molar refractivity (Wildman–Crippen MR) is 130 cm³/mol. The van der Waals surface area contributed by atoms with E-state index < -0.39 is 41.9 Å². The van der Waals surface area contributed by atoms with Gasteiger partial charge >= 0.3 is 6.36 Å². The second kappa shape index (κ2) is 10.0. The fourth-order valence-electron chi connectivity index (χ4n) is 6.01. The lowest BCUT2D eigenvalue weighted by molar-refractivity contribution is -0.357. The molecule has 38 heavy (non-hydrogen) atoms. The molecule has 5 aliphatic rings. The van der Waals surface area contributed by atoms with Crippen LogP contribution in [0.4, 0.5) is 18.9 Å². The molecular weight excluding hydrogens is 531 g/mol. The van der Waals surface area contributed by atoms with E-state index in [1.54, 1.807) is 18.2 Å². The Balaban J connectivity index is 1.10. The lowest BCUT2D eigenvalue weighted by Gasteiger charge is -2.56. The zero-order valence-electron chi connectivity index (χ0n) is 20.9. The summed E-state index contributed by atoms with van der Waals surface area (Å²) in [7, 11) is 1.85. The molecule has 4 fully saturated rings. The summed E-state index contributed by atoms with van der Waals surface area (Å²) in [5.74, 6) is -0.132. The first-order valence-corrected chi connectivity index (χ1v) is 13.1. The molecule has 0 aromatic heterocycles. The molecule has 2 bridgehead atoms. The van der Waals surface area contributed by atoms with Crippen LogP contribution in [0.3, 0.4) is 0 Å². The minimum atomic E-state index is -4.68. The van der Waals surface area contributed by atoms with Crippen molar-refractivity contribution in [3.63, 3.8) is 0 Å². The predicted octanol–water partition coefficient (Wildman–Crippen LogP) is 2.67. The van der Waals surface area contributed by atoms with Gasteiger partial charge in [-0.1, -0.05) is 11.6 Å². The summed E-state index contributed by atoms with van der Waals surface area (Å²) >= 11 is 6.07. The highest BCUT2D eigenvalue weighted by Crippen LogP contribution is 2.47. The Morgan fingerprint density at radius 3 is 2.55 bits per heavy atom. The third-order valence-electron chi connectivity index (χ3n) is 8.23.